The molecule has 4 N–H and O–H groups in total. The maximum Gasteiger partial charge on any atom is 0.120 e. The summed E-state index contributed by atoms with van der Waals surface area (Å²) in [5.41, 5.74) is 9.57. The summed E-state index contributed by atoms with van der Waals surface area (Å²) in [4.78, 5) is 3.44. The minimum absolute atomic E-state index is 0. The number of nitrogens with two attached hydrogens (primary N) is 1. The quantitative estimate of drug-likeness (QED) is 0.812. The molecule has 0 amide bonds. The molecule has 0 aliphatic carbocycles. The molecule has 0 bridgehead atoms. The summed E-state index contributed by atoms with van der Waals surface area (Å²) in [6.45, 7) is 2.23. The number of nitrogens with one attached hydrogen (secondary N) is 2. The van der Waals surface area contributed by atoms with Gasteiger partial charge >= 0.3 is 0 Å². The van der Waals surface area contributed by atoms with E-state index in [4.69, 9.17) is 10.5 Å². The minimum atomic E-state index is 0. The molecule has 0 radical (unpaired) electrons. The van der Waals surface area contributed by atoms with Crippen molar-refractivity contribution < 1.29 is 9.13 Å². The summed E-state index contributed by atoms with van der Waals surface area (Å²) in [5.74, 6) is 0.734. The minimum Gasteiger partial charge on any atom is -0.489 e. The molecule has 2 aromatic rings. The summed E-state index contributed by atoms with van der Waals surface area (Å²) < 4.78 is 18.0. The van der Waals surface area contributed by atoms with Crippen molar-refractivity contribution in [3.05, 3.63) is 41.4 Å². The van der Waals surface area contributed by atoms with Gasteiger partial charge in [0.25, 0.3) is 0 Å². The lowest BCUT2D eigenvalue weighted by atomic mass is 10.1. The zero-order valence-corrected chi connectivity index (χ0v) is 12.4. The van der Waals surface area contributed by atoms with E-state index in [0.29, 0.717) is 11.9 Å². The number of benzene rings is 1. The summed E-state index contributed by atoms with van der Waals surface area (Å²) in [5, 5.41) is 4.54. The van der Waals surface area contributed by atoms with Crippen molar-refractivity contribution in [3.63, 3.8) is 0 Å². The first-order valence-corrected chi connectivity index (χ1v) is 6.77. The molecule has 1 aromatic heterocycles. The molecule has 3 rings (SSSR count). The number of ether oxygens (including phenoxy) is 1. The Balaban J connectivity index is 0.00000161. The van der Waals surface area contributed by atoms with E-state index < -0.39 is 0 Å². The van der Waals surface area contributed by atoms with Crippen molar-refractivity contribution in [2.45, 2.75) is 13.0 Å². The monoisotopic (exact) mass is 311 g/mol. The van der Waals surface area contributed by atoms with Gasteiger partial charge in [0.05, 0.1) is 6.33 Å². The Hall–Kier alpha value is -1.56. The van der Waals surface area contributed by atoms with Gasteiger partial charge in [-0.2, -0.15) is 0 Å². The Morgan fingerprint density at radius 3 is 3.05 bits per heavy atom. The zero-order valence-electron chi connectivity index (χ0n) is 11.6. The fraction of sp³-hybridized carbons (Fsp3) is 0.333. The van der Waals surface area contributed by atoms with Gasteiger partial charge in [-0.15, -0.1) is 12.4 Å². The number of halogens is 2. The van der Waals surface area contributed by atoms with Crippen LogP contribution in [0.4, 0.5) is 4.39 Å². The molecule has 114 valence electrons. The standard InChI is InChI=1S/C15H18FN3O.ClH/c16-6-10(7-17)9-20-11-1-2-14-12(5-11)13-8-18-4-3-15(13)19-14;/h1-2,5-6,18-19H,3-4,7-9,17H2;1H/b10-6-;. The third-order valence-corrected chi connectivity index (χ3v) is 3.66. The number of rotatable bonds is 4. The molecule has 0 atom stereocenters. The number of fused-ring (bicyclic) bond motifs is 3. The van der Waals surface area contributed by atoms with Crippen LogP contribution < -0.4 is 15.8 Å². The second kappa shape index (κ2) is 6.93. The van der Waals surface area contributed by atoms with Gasteiger partial charge in [0.15, 0.2) is 0 Å². The number of aromatic amines is 1. The number of aromatic nitrogens is 1. The highest BCUT2D eigenvalue weighted by Gasteiger charge is 2.15. The first kappa shape index (κ1) is 15.8. The van der Waals surface area contributed by atoms with E-state index in [1.807, 2.05) is 18.2 Å². The Labute approximate surface area is 129 Å². The van der Waals surface area contributed by atoms with Crippen LogP contribution in [0.15, 0.2) is 30.1 Å². The number of hydrogen-bond acceptors (Lipinski definition) is 3. The van der Waals surface area contributed by atoms with Gasteiger partial charge in [-0.1, -0.05) is 0 Å². The number of H-pyrrole nitrogens is 1. The molecule has 2 heterocycles. The second-order valence-corrected chi connectivity index (χ2v) is 4.98. The van der Waals surface area contributed by atoms with Crippen LogP contribution in [-0.4, -0.2) is 24.7 Å². The molecule has 0 saturated heterocycles. The van der Waals surface area contributed by atoms with E-state index in [1.54, 1.807) is 0 Å². The van der Waals surface area contributed by atoms with Crippen LogP contribution in [-0.2, 0) is 13.0 Å². The van der Waals surface area contributed by atoms with Crippen LogP contribution in [0.25, 0.3) is 10.9 Å². The maximum atomic E-state index is 12.5. The molecule has 0 fully saturated rings. The fourth-order valence-corrected chi connectivity index (χ4v) is 2.53. The van der Waals surface area contributed by atoms with E-state index in [2.05, 4.69) is 10.3 Å². The maximum absolute atomic E-state index is 12.5. The normalized spacial score (nSPS) is 14.7. The van der Waals surface area contributed by atoms with E-state index in [-0.39, 0.29) is 25.6 Å². The Morgan fingerprint density at radius 2 is 2.29 bits per heavy atom. The molecular weight excluding hydrogens is 293 g/mol. The van der Waals surface area contributed by atoms with E-state index in [0.717, 1.165) is 30.8 Å². The van der Waals surface area contributed by atoms with Gasteiger partial charge < -0.3 is 20.8 Å². The van der Waals surface area contributed by atoms with Crippen molar-refractivity contribution in [2.75, 3.05) is 19.7 Å². The fourth-order valence-electron chi connectivity index (χ4n) is 2.53. The highest BCUT2D eigenvalue weighted by Crippen LogP contribution is 2.28. The van der Waals surface area contributed by atoms with Crippen molar-refractivity contribution in [1.82, 2.24) is 10.3 Å². The average Bonchev–Trinajstić information content (AvgIpc) is 2.86. The highest BCUT2D eigenvalue weighted by atomic mass is 35.5. The second-order valence-electron chi connectivity index (χ2n) is 4.98. The van der Waals surface area contributed by atoms with Gasteiger partial charge in [0, 0.05) is 48.2 Å². The lowest BCUT2D eigenvalue weighted by molar-refractivity contribution is 0.348. The van der Waals surface area contributed by atoms with Crippen molar-refractivity contribution in [3.8, 4) is 5.75 Å². The smallest absolute Gasteiger partial charge is 0.120 e. The van der Waals surface area contributed by atoms with Crippen molar-refractivity contribution in [2.24, 2.45) is 5.73 Å². The predicted molar refractivity (Wildman–Crippen MR) is 84.7 cm³/mol. The Morgan fingerprint density at radius 1 is 1.43 bits per heavy atom. The van der Waals surface area contributed by atoms with Gasteiger partial charge in [-0.3, -0.25) is 0 Å². The molecule has 4 nitrogen and oxygen atoms in total. The molecule has 1 aliphatic rings. The molecule has 1 aromatic carbocycles. The zero-order chi connectivity index (χ0) is 13.9. The van der Waals surface area contributed by atoms with Gasteiger partial charge in [0.2, 0.25) is 0 Å². The first-order chi connectivity index (χ1) is 9.81. The van der Waals surface area contributed by atoms with Crippen LogP contribution in [0.2, 0.25) is 0 Å². The van der Waals surface area contributed by atoms with Crippen LogP contribution >= 0.6 is 12.4 Å². The molecule has 6 heteroatoms. The SMILES string of the molecule is Cl.NC/C(=C/F)COc1ccc2[nH]c3c(c2c1)CNCC3. The third-order valence-electron chi connectivity index (χ3n) is 3.66. The van der Waals surface area contributed by atoms with Crippen molar-refractivity contribution >= 4 is 23.3 Å². The third kappa shape index (κ3) is 3.20. The molecule has 1 aliphatic heterocycles. The van der Waals surface area contributed by atoms with Crippen LogP contribution in [0.1, 0.15) is 11.3 Å². The summed E-state index contributed by atoms with van der Waals surface area (Å²) in [6, 6.07) is 5.90. The largest absolute Gasteiger partial charge is 0.489 e. The summed E-state index contributed by atoms with van der Waals surface area (Å²) >= 11 is 0. The van der Waals surface area contributed by atoms with E-state index in [9.17, 15) is 4.39 Å². The van der Waals surface area contributed by atoms with E-state index >= 15 is 0 Å². The molecule has 0 unspecified atom stereocenters. The molecule has 0 spiro atoms. The van der Waals surface area contributed by atoms with Gasteiger partial charge in [-0.25, -0.2) is 4.39 Å². The van der Waals surface area contributed by atoms with Gasteiger partial charge in [-0.05, 0) is 23.8 Å². The highest BCUT2D eigenvalue weighted by molar-refractivity contribution is 5.86. The molecule has 0 saturated carbocycles. The summed E-state index contributed by atoms with van der Waals surface area (Å²) in [7, 11) is 0. The summed E-state index contributed by atoms with van der Waals surface area (Å²) in [6.07, 6.45) is 1.53. The lowest BCUT2D eigenvalue weighted by Gasteiger charge is -2.12. The van der Waals surface area contributed by atoms with Crippen LogP contribution in [0.5, 0.6) is 5.75 Å². The number of hydrogen-bond donors (Lipinski definition) is 3. The Bertz CT molecular complexity index is 654. The van der Waals surface area contributed by atoms with Gasteiger partial charge in [0.1, 0.15) is 12.4 Å². The van der Waals surface area contributed by atoms with Crippen LogP contribution in [0.3, 0.4) is 0 Å². The van der Waals surface area contributed by atoms with Crippen molar-refractivity contribution in [1.29, 1.82) is 0 Å². The first-order valence-electron chi connectivity index (χ1n) is 6.77. The molecular formula is C15H19ClFN3O. The lowest BCUT2D eigenvalue weighted by Crippen LogP contribution is -2.22. The van der Waals surface area contributed by atoms with E-state index in [1.165, 1.54) is 16.6 Å². The Kier molecular flexibility index (Phi) is 5.22. The predicted octanol–water partition coefficient (Wildman–Crippen LogP) is 2.43. The average molecular weight is 312 g/mol. The topological polar surface area (TPSA) is 63.1 Å². The van der Waals surface area contributed by atoms with Crippen LogP contribution in [0, 0.1) is 0 Å². The molecule has 21 heavy (non-hydrogen) atoms.